The van der Waals surface area contributed by atoms with Crippen LogP contribution in [0.5, 0.6) is 23.0 Å². The molecule has 2 rings (SSSR count). The Bertz CT molecular complexity index is 596. The number of aryl methyl sites for hydroxylation is 1. The summed E-state index contributed by atoms with van der Waals surface area (Å²) < 4.78 is 16.4. The van der Waals surface area contributed by atoms with Crippen LogP contribution in [0.2, 0.25) is 0 Å². The molecule has 0 heterocycles. The van der Waals surface area contributed by atoms with Crippen LogP contribution in [0.4, 0.5) is 5.69 Å². The van der Waals surface area contributed by atoms with E-state index in [-0.39, 0.29) is 0 Å². The van der Waals surface area contributed by atoms with Crippen LogP contribution in [0.1, 0.15) is 12.5 Å². The van der Waals surface area contributed by atoms with Crippen LogP contribution in [-0.2, 0) is 6.42 Å². The van der Waals surface area contributed by atoms with E-state index < -0.39 is 0 Å². The zero-order valence-electron chi connectivity index (χ0n) is 12.0. The summed E-state index contributed by atoms with van der Waals surface area (Å²) in [5, 5.41) is 0. The lowest BCUT2D eigenvalue weighted by atomic mass is 10.1. The summed E-state index contributed by atoms with van der Waals surface area (Å²) in [5.41, 5.74) is 7.56. The standard InChI is InChI=1S/C16H19NO3/c1-4-11-5-8-14(16(9-11)19-3)20-12-6-7-13(17)15(10-12)18-2/h5-10H,4,17H2,1-3H3. The van der Waals surface area contributed by atoms with Crippen molar-refractivity contribution >= 4 is 5.69 Å². The number of methoxy groups -OCH3 is 2. The molecule has 4 nitrogen and oxygen atoms in total. The molecular formula is C16H19NO3. The van der Waals surface area contributed by atoms with Crippen LogP contribution in [0.25, 0.3) is 0 Å². The lowest BCUT2D eigenvalue weighted by molar-refractivity contribution is 0.376. The maximum Gasteiger partial charge on any atom is 0.169 e. The average molecular weight is 273 g/mol. The zero-order chi connectivity index (χ0) is 14.5. The Morgan fingerprint density at radius 1 is 0.900 bits per heavy atom. The monoisotopic (exact) mass is 273 g/mol. The fourth-order valence-electron chi connectivity index (χ4n) is 1.90. The molecule has 0 unspecified atom stereocenters. The Morgan fingerprint density at radius 2 is 1.65 bits per heavy atom. The summed E-state index contributed by atoms with van der Waals surface area (Å²) in [5.74, 6) is 2.61. The first-order valence-electron chi connectivity index (χ1n) is 6.46. The van der Waals surface area contributed by atoms with Gasteiger partial charge in [0.05, 0.1) is 19.9 Å². The van der Waals surface area contributed by atoms with Crippen molar-refractivity contribution in [2.24, 2.45) is 0 Å². The summed E-state index contributed by atoms with van der Waals surface area (Å²) in [6.07, 6.45) is 0.951. The first kappa shape index (κ1) is 14.1. The summed E-state index contributed by atoms with van der Waals surface area (Å²) in [4.78, 5) is 0. The highest BCUT2D eigenvalue weighted by Gasteiger charge is 2.08. The minimum Gasteiger partial charge on any atom is -0.494 e. The second-order valence-electron chi connectivity index (χ2n) is 4.34. The molecular weight excluding hydrogens is 254 g/mol. The molecule has 0 saturated carbocycles. The zero-order valence-corrected chi connectivity index (χ0v) is 12.0. The quantitative estimate of drug-likeness (QED) is 0.845. The molecule has 2 N–H and O–H groups in total. The van der Waals surface area contributed by atoms with Crippen molar-refractivity contribution in [2.45, 2.75) is 13.3 Å². The Hall–Kier alpha value is -2.36. The molecule has 4 heteroatoms. The highest BCUT2D eigenvalue weighted by Crippen LogP contribution is 2.35. The van der Waals surface area contributed by atoms with Crippen LogP contribution >= 0.6 is 0 Å². The van der Waals surface area contributed by atoms with E-state index in [1.54, 1.807) is 32.4 Å². The van der Waals surface area contributed by atoms with Gasteiger partial charge < -0.3 is 19.9 Å². The molecule has 0 saturated heterocycles. The summed E-state index contributed by atoms with van der Waals surface area (Å²) in [6.45, 7) is 2.10. The summed E-state index contributed by atoms with van der Waals surface area (Å²) in [7, 11) is 3.21. The molecule has 0 atom stereocenters. The normalized spacial score (nSPS) is 10.2. The third kappa shape index (κ3) is 2.96. The van der Waals surface area contributed by atoms with Crippen molar-refractivity contribution in [3.63, 3.8) is 0 Å². The number of anilines is 1. The van der Waals surface area contributed by atoms with Gasteiger partial charge >= 0.3 is 0 Å². The molecule has 106 valence electrons. The molecule has 20 heavy (non-hydrogen) atoms. The van der Waals surface area contributed by atoms with E-state index >= 15 is 0 Å². The molecule has 0 aliphatic rings. The highest BCUT2D eigenvalue weighted by atomic mass is 16.5. The molecule has 0 aliphatic carbocycles. The Kier molecular flexibility index (Phi) is 4.35. The fraction of sp³-hybridized carbons (Fsp3) is 0.250. The van der Waals surface area contributed by atoms with Gasteiger partial charge in [0.25, 0.3) is 0 Å². The van der Waals surface area contributed by atoms with Crippen LogP contribution in [0.15, 0.2) is 36.4 Å². The number of rotatable bonds is 5. The van der Waals surface area contributed by atoms with Crippen molar-refractivity contribution in [1.82, 2.24) is 0 Å². The van der Waals surface area contributed by atoms with E-state index in [0.29, 0.717) is 28.7 Å². The minimum absolute atomic E-state index is 0.577. The smallest absolute Gasteiger partial charge is 0.169 e. The van der Waals surface area contributed by atoms with Crippen molar-refractivity contribution in [2.75, 3.05) is 20.0 Å². The van der Waals surface area contributed by atoms with Gasteiger partial charge in [-0.25, -0.2) is 0 Å². The number of nitrogen functional groups attached to an aromatic ring is 1. The Labute approximate surface area is 119 Å². The second-order valence-corrected chi connectivity index (χ2v) is 4.34. The van der Waals surface area contributed by atoms with Gasteiger partial charge in [0.2, 0.25) is 0 Å². The van der Waals surface area contributed by atoms with Gasteiger partial charge in [-0.05, 0) is 36.2 Å². The van der Waals surface area contributed by atoms with E-state index in [2.05, 4.69) is 6.92 Å². The fourth-order valence-corrected chi connectivity index (χ4v) is 1.90. The predicted octanol–water partition coefficient (Wildman–Crippen LogP) is 3.64. The van der Waals surface area contributed by atoms with Crippen molar-refractivity contribution in [3.05, 3.63) is 42.0 Å². The molecule has 0 bridgehead atoms. The van der Waals surface area contributed by atoms with Crippen molar-refractivity contribution in [1.29, 1.82) is 0 Å². The molecule has 2 aromatic carbocycles. The minimum atomic E-state index is 0.577. The predicted molar refractivity (Wildman–Crippen MR) is 79.9 cm³/mol. The number of ether oxygens (including phenoxy) is 3. The van der Waals surface area contributed by atoms with E-state index in [4.69, 9.17) is 19.9 Å². The van der Waals surface area contributed by atoms with Crippen LogP contribution in [-0.4, -0.2) is 14.2 Å². The summed E-state index contributed by atoms with van der Waals surface area (Å²) in [6, 6.07) is 11.2. The van der Waals surface area contributed by atoms with Gasteiger partial charge in [-0.1, -0.05) is 13.0 Å². The molecule has 0 radical (unpaired) electrons. The van der Waals surface area contributed by atoms with Gasteiger partial charge in [0, 0.05) is 6.07 Å². The van der Waals surface area contributed by atoms with Gasteiger partial charge in [-0.2, -0.15) is 0 Å². The Morgan fingerprint density at radius 3 is 2.30 bits per heavy atom. The molecule has 0 amide bonds. The number of hydrogen-bond donors (Lipinski definition) is 1. The van der Waals surface area contributed by atoms with E-state index in [1.807, 2.05) is 18.2 Å². The van der Waals surface area contributed by atoms with Crippen LogP contribution in [0, 0.1) is 0 Å². The van der Waals surface area contributed by atoms with Crippen LogP contribution in [0.3, 0.4) is 0 Å². The molecule has 0 aromatic heterocycles. The molecule has 0 aliphatic heterocycles. The molecule has 2 aromatic rings. The first-order chi connectivity index (χ1) is 9.67. The maximum absolute atomic E-state index is 5.84. The molecule has 0 spiro atoms. The van der Waals surface area contributed by atoms with Gasteiger partial charge in [0.15, 0.2) is 11.5 Å². The number of benzene rings is 2. The largest absolute Gasteiger partial charge is 0.494 e. The van der Waals surface area contributed by atoms with E-state index in [1.165, 1.54) is 5.56 Å². The topological polar surface area (TPSA) is 53.7 Å². The number of hydrogen-bond acceptors (Lipinski definition) is 4. The lowest BCUT2D eigenvalue weighted by Crippen LogP contribution is -1.95. The number of nitrogens with two attached hydrogens (primary N) is 1. The summed E-state index contributed by atoms with van der Waals surface area (Å²) >= 11 is 0. The van der Waals surface area contributed by atoms with Crippen molar-refractivity contribution < 1.29 is 14.2 Å². The van der Waals surface area contributed by atoms with Gasteiger partial charge in [0.1, 0.15) is 11.5 Å². The Balaban J connectivity index is 2.29. The molecule has 0 fully saturated rings. The van der Waals surface area contributed by atoms with Crippen LogP contribution < -0.4 is 19.9 Å². The average Bonchev–Trinajstić information content (AvgIpc) is 2.49. The van der Waals surface area contributed by atoms with E-state index in [9.17, 15) is 0 Å². The third-order valence-electron chi connectivity index (χ3n) is 3.07. The third-order valence-corrected chi connectivity index (χ3v) is 3.07. The van der Waals surface area contributed by atoms with Gasteiger partial charge in [-0.15, -0.1) is 0 Å². The highest BCUT2D eigenvalue weighted by molar-refractivity contribution is 5.56. The second kappa shape index (κ2) is 6.19. The maximum atomic E-state index is 5.84. The SMILES string of the molecule is CCc1ccc(Oc2ccc(N)c(OC)c2)c(OC)c1. The first-order valence-corrected chi connectivity index (χ1v) is 6.46. The lowest BCUT2D eigenvalue weighted by Gasteiger charge is -2.13. The van der Waals surface area contributed by atoms with Gasteiger partial charge in [-0.3, -0.25) is 0 Å². The van der Waals surface area contributed by atoms with Crippen molar-refractivity contribution in [3.8, 4) is 23.0 Å². The van der Waals surface area contributed by atoms with E-state index in [0.717, 1.165) is 6.42 Å².